The van der Waals surface area contributed by atoms with Crippen molar-refractivity contribution in [3.05, 3.63) is 11.9 Å². The van der Waals surface area contributed by atoms with Crippen molar-refractivity contribution in [3.63, 3.8) is 0 Å². The smallest absolute Gasteiger partial charge is 0.219 e. The molecule has 2 nitrogen and oxygen atoms in total. The van der Waals surface area contributed by atoms with Crippen LogP contribution in [-0.4, -0.2) is 11.6 Å². The van der Waals surface area contributed by atoms with Gasteiger partial charge in [0.15, 0.2) is 0 Å². The van der Waals surface area contributed by atoms with Gasteiger partial charge in [-0.2, -0.15) is 0 Å². The van der Waals surface area contributed by atoms with Crippen molar-refractivity contribution in [2.45, 2.75) is 39.0 Å². The van der Waals surface area contributed by atoms with Crippen LogP contribution in [0, 0.1) is 0 Å². The molecule has 12 heavy (non-hydrogen) atoms. The lowest BCUT2D eigenvalue weighted by molar-refractivity contribution is 0.495. The first-order chi connectivity index (χ1) is 5.56. The number of rotatable bonds is 6. The molecule has 0 aliphatic heterocycles. The molecule has 0 saturated heterocycles. The van der Waals surface area contributed by atoms with Crippen LogP contribution >= 0.6 is 7.37 Å². The first kappa shape index (κ1) is 11.9. The minimum Gasteiger partial charge on any atom is -0.342 e. The molecule has 0 aliphatic rings. The molecule has 0 amide bonds. The summed E-state index contributed by atoms with van der Waals surface area (Å²) in [5.41, 5.74) is 0. The largest absolute Gasteiger partial charge is 0.342 e. The first-order valence-corrected chi connectivity index (χ1v) is 6.71. The quantitative estimate of drug-likeness (QED) is 0.515. The summed E-state index contributed by atoms with van der Waals surface area (Å²) in [5.74, 6) is 1.43. The molecule has 0 aromatic rings. The third kappa shape index (κ3) is 9.93. The van der Waals surface area contributed by atoms with Gasteiger partial charge in [0, 0.05) is 6.66 Å². The number of unbranched alkanes of at least 4 members (excludes halogenated alkanes) is 4. The molecule has 0 aliphatic carbocycles. The van der Waals surface area contributed by atoms with Crippen molar-refractivity contribution in [3.8, 4) is 0 Å². The maximum absolute atomic E-state index is 10.8. The fourth-order valence-electron chi connectivity index (χ4n) is 0.959. The van der Waals surface area contributed by atoms with E-state index in [1.54, 1.807) is 0 Å². The van der Waals surface area contributed by atoms with Gasteiger partial charge in [0.25, 0.3) is 0 Å². The van der Waals surface area contributed by atoms with Crippen LogP contribution in [0.3, 0.4) is 0 Å². The van der Waals surface area contributed by atoms with Gasteiger partial charge in [0.1, 0.15) is 0 Å². The summed E-state index contributed by atoms with van der Waals surface area (Å²) in [7, 11) is -2.90. The Morgan fingerprint density at radius 1 is 1.33 bits per heavy atom. The molecule has 0 fully saturated rings. The average molecular weight is 190 g/mol. The molecule has 0 bridgehead atoms. The molecule has 3 heteroatoms. The van der Waals surface area contributed by atoms with E-state index in [2.05, 4.69) is 6.92 Å². The fourth-order valence-corrected chi connectivity index (χ4v) is 1.50. The van der Waals surface area contributed by atoms with Gasteiger partial charge in [-0.05, 0) is 18.7 Å². The Kier molecular flexibility index (Phi) is 6.41. The Morgan fingerprint density at radius 2 is 2.00 bits per heavy atom. The standard InChI is InChI=1S/C9H19O2P/c1-3-4-5-6-7-8-9-12(2,10)11/h8-9H,3-7H2,1-2H3,(H,10,11). The molecular formula is C9H19O2P. The van der Waals surface area contributed by atoms with Crippen LogP contribution in [0.1, 0.15) is 39.0 Å². The van der Waals surface area contributed by atoms with E-state index in [-0.39, 0.29) is 0 Å². The minimum atomic E-state index is -2.90. The molecule has 1 atom stereocenters. The van der Waals surface area contributed by atoms with Crippen molar-refractivity contribution < 1.29 is 9.46 Å². The molecule has 0 saturated carbocycles. The Labute approximate surface area is 75.1 Å². The van der Waals surface area contributed by atoms with Gasteiger partial charge in [-0.15, -0.1) is 0 Å². The Hall–Kier alpha value is -0.0700. The number of allylic oxidation sites excluding steroid dienone is 1. The Bertz CT molecular complexity index is 169. The lowest BCUT2D eigenvalue weighted by Crippen LogP contribution is -1.74. The summed E-state index contributed by atoms with van der Waals surface area (Å²) in [6.45, 7) is 3.53. The van der Waals surface area contributed by atoms with Gasteiger partial charge in [-0.3, -0.25) is 4.57 Å². The highest BCUT2D eigenvalue weighted by Crippen LogP contribution is 2.36. The second kappa shape index (κ2) is 6.45. The maximum Gasteiger partial charge on any atom is 0.219 e. The first-order valence-electron chi connectivity index (χ1n) is 4.54. The number of hydrogen-bond donors (Lipinski definition) is 1. The van der Waals surface area contributed by atoms with E-state index in [1.807, 2.05) is 6.08 Å². The Balaban J connectivity index is 3.31. The minimum absolute atomic E-state index is 0.929. The third-order valence-corrected chi connectivity index (χ3v) is 2.37. The van der Waals surface area contributed by atoms with Crippen molar-refractivity contribution in [2.24, 2.45) is 0 Å². The predicted molar refractivity (Wildman–Crippen MR) is 53.6 cm³/mol. The monoisotopic (exact) mass is 190 g/mol. The summed E-state index contributed by atoms with van der Waals surface area (Å²) in [4.78, 5) is 8.89. The van der Waals surface area contributed by atoms with E-state index >= 15 is 0 Å². The lowest BCUT2D eigenvalue weighted by Gasteiger charge is -1.96. The molecule has 1 N–H and O–H groups in total. The zero-order chi connectivity index (χ0) is 9.45. The summed E-state index contributed by atoms with van der Waals surface area (Å²) in [5, 5.41) is 0. The normalized spacial score (nSPS) is 16.6. The lowest BCUT2D eigenvalue weighted by atomic mass is 10.2. The highest BCUT2D eigenvalue weighted by Gasteiger charge is 2.00. The van der Waals surface area contributed by atoms with Crippen molar-refractivity contribution in [1.82, 2.24) is 0 Å². The zero-order valence-electron chi connectivity index (χ0n) is 7.99. The summed E-state index contributed by atoms with van der Waals surface area (Å²) < 4.78 is 10.8. The highest BCUT2D eigenvalue weighted by molar-refractivity contribution is 7.60. The average Bonchev–Trinajstić information content (AvgIpc) is 1.94. The van der Waals surface area contributed by atoms with Crippen LogP contribution in [0.25, 0.3) is 0 Å². The molecular weight excluding hydrogens is 171 g/mol. The van der Waals surface area contributed by atoms with Crippen LogP contribution in [0.4, 0.5) is 0 Å². The predicted octanol–water partition coefficient (Wildman–Crippen LogP) is 3.37. The second-order valence-corrected chi connectivity index (χ2v) is 5.36. The second-order valence-electron chi connectivity index (χ2n) is 3.18. The van der Waals surface area contributed by atoms with Crippen LogP contribution in [0.2, 0.25) is 0 Å². The van der Waals surface area contributed by atoms with Gasteiger partial charge >= 0.3 is 0 Å². The van der Waals surface area contributed by atoms with Gasteiger partial charge in [-0.25, -0.2) is 0 Å². The van der Waals surface area contributed by atoms with E-state index < -0.39 is 7.37 Å². The third-order valence-electron chi connectivity index (χ3n) is 1.61. The molecule has 72 valence electrons. The van der Waals surface area contributed by atoms with Gasteiger partial charge in [-0.1, -0.05) is 32.3 Å². The SMILES string of the molecule is CCCCCCC=CP(C)(=O)O. The van der Waals surface area contributed by atoms with Crippen molar-refractivity contribution >= 4 is 7.37 Å². The van der Waals surface area contributed by atoms with Crippen LogP contribution in [0.5, 0.6) is 0 Å². The van der Waals surface area contributed by atoms with Crippen molar-refractivity contribution in [1.29, 1.82) is 0 Å². The molecule has 0 spiro atoms. The summed E-state index contributed by atoms with van der Waals surface area (Å²) in [6.07, 6.45) is 7.59. The number of hydrogen-bond acceptors (Lipinski definition) is 1. The van der Waals surface area contributed by atoms with E-state index in [4.69, 9.17) is 4.89 Å². The van der Waals surface area contributed by atoms with E-state index in [0.717, 1.165) is 12.8 Å². The van der Waals surface area contributed by atoms with Crippen LogP contribution in [-0.2, 0) is 4.57 Å². The van der Waals surface area contributed by atoms with Gasteiger partial charge in [0.2, 0.25) is 7.37 Å². The molecule has 1 unspecified atom stereocenters. The molecule has 0 radical (unpaired) electrons. The molecule has 0 aromatic heterocycles. The maximum atomic E-state index is 10.8. The van der Waals surface area contributed by atoms with Crippen molar-refractivity contribution in [2.75, 3.05) is 6.66 Å². The fraction of sp³-hybridized carbons (Fsp3) is 0.778. The Morgan fingerprint density at radius 3 is 2.50 bits per heavy atom. The molecule has 0 rings (SSSR count). The summed E-state index contributed by atoms with van der Waals surface area (Å²) in [6, 6.07) is 0. The van der Waals surface area contributed by atoms with E-state index in [9.17, 15) is 4.57 Å². The van der Waals surface area contributed by atoms with Crippen LogP contribution in [0.15, 0.2) is 11.9 Å². The van der Waals surface area contributed by atoms with E-state index in [1.165, 1.54) is 31.7 Å². The van der Waals surface area contributed by atoms with E-state index in [0.29, 0.717) is 0 Å². The van der Waals surface area contributed by atoms with Crippen LogP contribution < -0.4 is 0 Å². The zero-order valence-corrected chi connectivity index (χ0v) is 8.89. The topological polar surface area (TPSA) is 37.3 Å². The molecule has 0 aromatic carbocycles. The van der Waals surface area contributed by atoms with Gasteiger partial charge in [0.05, 0.1) is 0 Å². The molecule has 0 heterocycles. The summed E-state index contributed by atoms with van der Waals surface area (Å²) >= 11 is 0. The van der Waals surface area contributed by atoms with Gasteiger partial charge < -0.3 is 4.89 Å². The highest BCUT2D eigenvalue weighted by atomic mass is 31.2.